The first-order valence-corrected chi connectivity index (χ1v) is 13.4. The van der Waals surface area contributed by atoms with Crippen LogP contribution in [0.4, 0.5) is 4.79 Å². The van der Waals surface area contributed by atoms with Crippen LogP contribution in [-0.4, -0.2) is 29.7 Å². The van der Waals surface area contributed by atoms with Gasteiger partial charge in [0.25, 0.3) is 0 Å². The number of amides is 1. The van der Waals surface area contributed by atoms with Gasteiger partial charge >= 0.3 is 6.09 Å². The van der Waals surface area contributed by atoms with E-state index in [1.54, 1.807) is 0 Å². The number of hydrogen-bond donors (Lipinski definition) is 0. The van der Waals surface area contributed by atoms with Crippen molar-refractivity contribution < 1.29 is 9.53 Å². The highest BCUT2D eigenvalue weighted by Crippen LogP contribution is 2.45. The first-order chi connectivity index (χ1) is 17.3. The second kappa shape index (κ2) is 8.39. The highest BCUT2D eigenvalue weighted by atomic mass is 32.1. The van der Waals surface area contributed by atoms with Crippen LogP contribution in [0.1, 0.15) is 47.6 Å². The fraction of sp³-hybridized carbons (Fsp3) is 0.258. The molecule has 1 saturated heterocycles. The highest BCUT2D eigenvalue weighted by molar-refractivity contribution is 7.20. The summed E-state index contributed by atoms with van der Waals surface area (Å²) in [6, 6.07) is 28.2. The third-order valence-electron chi connectivity index (χ3n) is 7.93. The Morgan fingerprint density at radius 3 is 2.37 bits per heavy atom. The molecule has 1 aliphatic carbocycles. The molecule has 2 unspecified atom stereocenters. The second-order valence-corrected chi connectivity index (χ2v) is 11.0. The number of nitrogens with zero attached hydrogens (tertiary/aromatic N) is 1. The average Bonchev–Trinajstić information content (AvgIpc) is 3.46. The number of carbonyl (C=O) groups is 1. The summed E-state index contributed by atoms with van der Waals surface area (Å²) < 4.78 is 7.39. The molecule has 3 aliphatic rings. The van der Waals surface area contributed by atoms with Crippen molar-refractivity contribution in [1.82, 2.24) is 4.90 Å². The maximum absolute atomic E-state index is 13.5. The minimum atomic E-state index is -0.159. The molecular weight excluding hydrogens is 450 g/mol. The molecule has 0 radical (unpaired) electrons. The minimum Gasteiger partial charge on any atom is -0.448 e. The van der Waals surface area contributed by atoms with Crippen molar-refractivity contribution in [3.05, 3.63) is 101 Å². The van der Waals surface area contributed by atoms with Crippen molar-refractivity contribution in [2.45, 2.75) is 43.7 Å². The molecule has 2 atom stereocenters. The minimum absolute atomic E-state index is 0.0978. The molecule has 1 aromatic heterocycles. The third kappa shape index (κ3) is 3.51. The maximum Gasteiger partial charge on any atom is 0.410 e. The standard InChI is InChI=1S/C31H27NO2S/c33-31(34-19-28-26-13-4-2-11-24(26)25-12-3-5-14-27(25)28)32-22-9-7-10-23(32)17-21(16-22)30-18-20-8-1-6-15-29(20)35-30/h1-6,8,11-16,18,22-23,28H,7,9-10,17,19H2. The summed E-state index contributed by atoms with van der Waals surface area (Å²) in [6.45, 7) is 0.385. The van der Waals surface area contributed by atoms with Gasteiger partial charge in [0.2, 0.25) is 0 Å². The fourth-order valence-corrected chi connectivity index (χ4v) is 7.40. The molecule has 2 bridgehead atoms. The molecule has 0 spiro atoms. The molecule has 7 rings (SSSR count). The Morgan fingerprint density at radius 2 is 1.63 bits per heavy atom. The van der Waals surface area contributed by atoms with Crippen LogP contribution in [0.2, 0.25) is 0 Å². The van der Waals surface area contributed by atoms with E-state index in [1.807, 2.05) is 16.2 Å². The number of ether oxygens (including phenoxy) is 1. The SMILES string of the molecule is O=C(OCC1c2ccccc2-c2ccccc21)N1C2C=C(c3cc4ccccc4s3)CC1CCC2. The Labute approximate surface area is 209 Å². The van der Waals surface area contributed by atoms with E-state index in [0.29, 0.717) is 6.61 Å². The van der Waals surface area contributed by atoms with Gasteiger partial charge in [0.1, 0.15) is 6.61 Å². The summed E-state index contributed by atoms with van der Waals surface area (Å²) in [4.78, 5) is 16.8. The molecular formula is C31H27NO2S. The van der Waals surface area contributed by atoms with E-state index >= 15 is 0 Å². The van der Waals surface area contributed by atoms with Crippen molar-refractivity contribution in [3.63, 3.8) is 0 Å². The van der Waals surface area contributed by atoms with Crippen molar-refractivity contribution in [2.24, 2.45) is 0 Å². The summed E-state index contributed by atoms with van der Waals surface area (Å²) in [5.41, 5.74) is 6.42. The zero-order chi connectivity index (χ0) is 23.4. The van der Waals surface area contributed by atoms with Crippen molar-refractivity contribution in [3.8, 4) is 11.1 Å². The maximum atomic E-state index is 13.5. The fourth-order valence-electron chi connectivity index (χ4n) is 6.31. The van der Waals surface area contributed by atoms with Crippen LogP contribution >= 0.6 is 11.3 Å². The summed E-state index contributed by atoms with van der Waals surface area (Å²) in [5, 5.41) is 1.30. The zero-order valence-corrected chi connectivity index (χ0v) is 20.3. The number of thiophene rings is 1. The van der Waals surface area contributed by atoms with Gasteiger partial charge < -0.3 is 4.74 Å². The molecule has 1 fully saturated rings. The Kier molecular flexibility index (Phi) is 5.02. The van der Waals surface area contributed by atoms with Crippen molar-refractivity contribution in [2.75, 3.05) is 6.61 Å². The van der Waals surface area contributed by atoms with Crippen molar-refractivity contribution >= 4 is 33.1 Å². The lowest BCUT2D eigenvalue weighted by Gasteiger charge is -2.44. The number of hydrogen-bond acceptors (Lipinski definition) is 3. The van der Waals surface area contributed by atoms with E-state index in [-0.39, 0.29) is 24.1 Å². The summed E-state index contributed by atoms with van der Waals surface area (Å²) >= 11 is 1.86. The number of piperidine rings is 1. The van der Waals surface area contributed by atoms with Gasteiger partial charge in [-0.25, -0.2) is 4.79 Å². The average molecular weight is 478 g/mol. The molecule has 2 aliphatic heterocycles. The molecule has 1 amide bonds. The smallest absolute Gasteiger partial charge is 0.410 e. The molecule has 0 N–H and O–H groups in total. The van der Waals surface area contributed by atoms with Crippen LogP contribution in [0.3, 0.4) is 0 Å². The lowest BCUT2D eigenvalue weighted by atomic mass is 9.85. The molecule has 35 heavy (non-hydrogen) atoms. The Morgan fingerprint density at radius 1 is 0.914 bits per heavy atom. The molecule has 4 heteroatoms. The van der Waals surface area contributed by atoms with Crippen LogP contribution in [0, 0.1) is 0 Å². The predicted octanol–water partition coefficient (Wildman–Crippen LogP) is 7.86. The van der Waals surface area contributed by atoms with Crippen LogP contribution in [0.15, 0.2) is 84.9 Å². The Bertz CT molecular complexity index is 1390. The monoisotopic (exact) mass is 477 g/mol. The number of rotatable bonds is 3. The van der Waals surface area contributed by atoms with Crippen molar-refractivity contribution in [1.29, 1.82) is 0 Å². The lowest BCUT2D eigenvalue weighted by molar-refractivity contribution is 0.0539. The van der Waals surface area contributed by atoms with Gasteiger partial charge in [-0.15, -0.1) is 11.3 Å². The Balaban J connectivity index is 1.12. The summed E-state index contributed by atoms with van der Waals surface area (Å²) in [6.07, 6.45) is 6.31. The van der Waals surface area contributed by atoms with E-state index in [9.17, 15) is 4.79 Å². The Hall–Kier alpha value is -3.37. The zero-order valence-electron chi connectivity index (χ0n) is 19.5. The molecule has 174 valence electrons. The molecule has 4 aromatic rings. The van der Waals surface area contributed by atoms with E-state index < -0.39 is 0 Å². The van der Waals surface area contributed by atoms with E-state index in [0.717, 1.165) is 19.3 Å². The molecule has 3 aromatic carbocycles. The summed E-state index contributed by atoms with van der Waals surface area (Å²) in [7, 11) is 0. The normalized spacial score (nSPS) is 20.9. The highest BCUT2D eigenvalue weighted by Gasteiger charge is 2.39. The number of fused-ring (bicyclic) bond motifs is 6. The molecule has 3 nitrogen and oxygen atoms in total. The van der Waals surface area contributed by atoms with Crippen LogP contribution < -0.4 is 0 Å². The number of benzene rings is 3. The van der Waals surface area contributed by atoms with Crippen LogP contribution in [0.5, 0.6) is 0 Å². The molecule has 0 saturated carbocycles. The van der Waals surface area contributed by atoms with Gasteiger partial charge in [0.15, 0.2) is 0 Å². The van der Waals surface area contributed by atoms with Gasteiger partial charge in [-0.3, -0.25) is 4.90 Å². The van der Waals surface area contributed by atoms with Crippen LogP contribution in [-0.2, 0) is 4.74 Å². The van der Waals surface area contributed by atoms with Gasteiger partial charge in [-0.1, -0.05) is 72.8 Å². The van der Waals surface area contributed by atoms with Gasteiger partial charge in [0.05, 0.1) is 6.04 Å². The largest absolute Gasteiger partial charge is 0.448 e. The lowest BCUT2D eigenvalue weighted by Crippen LogP contribution is -2.51. The topological polar surface area (TPSA) is 29.5 Å². The van der Waals surface area contributed by atoms with E-state index in [1.165, 1.54) is 49.2 Å². The van der Waals surface area contributed by atoms with Gasteiger partial charge in [-0.2, -0.15) is 0 Å². The van der Waals surface area contributed by atoms with E-state index in [4.69, 9.17) is 4.74 Å². The van der Waals surface area contributed by atoms with Gasteiger partial charge in [0, 0.05) is 21.5 Å². The summed E-state index contributed by atoms with van der Waals surface area (Å²) in [5.74, 6) is 0.0978. The first-order valence-electron chi connectivity index (χ1n) is 12.6. The predicted molar refractivity (Wildman–Crippen MR) is 143 cm³/mol. The quantitative estimate of drug-likeness (QED) is 0.301. The van der Waals surface area contributed by atoms with E-state index in [2.05, 4.69) is 84.9 Å². The second-order valence-electron chi connectivity index (χ2n) is 9.91. The first kappa shape index (κ1) is 21.0. The van der Waals surface area contributed by atoms with Crippen LogP contribution in [0.25, 0.3) is 26.8 Å². The van der Waals surface area contributed by atoms with Gasteiger partial charge in [-0.05, 0) is 71.0 Å². The number of carbonyl (C=O) groups excluding carboxylic acids is 1. The third-order valence-corrected chi connectivity index (χ3v) is 9.12. The molecule has 3 heterocycles.